The molecule has 0 aliphatic heterocycles. The van der Waals surface area contributed by atoms with Crippen LogP contribution in [0.5, 0.6) is 0 Å². The number of aryl methyl sites for hydroxylation is 1. The Bertz CT molecular complexity index is 424. The topological polar surface area (TPSA) is 12.0 Å². The van der Waals surface area contributed by atoms with Gasteiger partial charge in [-0.05, 0) is 31.5 Å². The molecular weight excluding hydrogens is 215 g/mol. The van der Waals surface area contributed by atoms with Gasteiger partial charge in [0.25, 0.3) is 0 Å². The molecule has 0 saturated heterocycles. The summed E-state index contributed by atoms with van der Waals surface area (Å²) < 4.78 is 37.7. The van der Waals surface area contributed by atoms with E-state index in [-0.39, 0.29) is 5.56 Å². The number of halogens is 3. The summed E-state index contributed by atoms with van der Waals surface area (Å²) in [6.45, 7) is 3.47. The minimum atomic E-state index is -4.31. The molecule has 0 fully saturated rings. The van der Waals surface area contributed by atoms with Crippen LogP contribution in [0.25, 0.3) is 0 Å². The predicted octanol–water partition coefficient (Wildman–Crippen LogP) is 3.45. The number of anilines is 1. The molecular formula is C12H12F3N. The van der Waals surface area contributed by atoms with Gasteiger partial charge in [0.2, 0.25) is 0 Å². The van der Waals surface area contributed by atoms with Gasteiger partial charge in [-0.1, -0.05) is 12.0 Å². The quantitative estimate of drug-likeness (QED) is 0.763. The molecule has 0 spiro atoms. The van der Waals surface area contributed by atoms with Gasteiger partial charge in [-0.25, -0.2) is 0 Å². The molecule has 16 heavy (non-hydrogen) atoms. The van der Waals surface area contributed by atoms with Crippen LogP contribution in [0.15, 0.2) is 18.2 Å². The van der Waals surface area contributed by atoms with Crippen molar-refractivity contribution in [2.75, 3.05) is 11.9 Å². The van der Waals surface area contributed by atoms with E-state index in [2.05, 4.69) is 17.2 Å². The molecule has 0 bridgehead atoms. The van der Waals surface area contributed by atoms with E-state index in [0.29, 0.717) is 12.2 Å². The van der Waals surface area contributed by atoms with E-state index in [4.69, 9.17) is 0 Å². The Hall–Kier alpha value is -1.63. The molecule has 0 heterocycles. The lowest BCUT2D eigenvalue weighted by Gasteiger charge is -2.12. The summed E-state index contributed by atoms with van der Waals surface area (Å²) in [4.78, 5) is 0. The summed E-state index contributed by atoms with van der Waals surface area (Å²) in [6.07, 6.45) is -4.31. The summed E-state index contributed by atoms with van der Waals surface area (Å²) in [6, 6.07) is 4.17. The van der Waals surface area contributed by atoms with Crippen LogP contribution in [0.1, 0.15) is 18.1 Å². The molecule has 1 aromatic rings. The molecule has 1 nitrogen and oxygen atoms in total. The van der Waals surface area contributed by atoms with Crippen molar-refractivity contribution in [2.24, 2.45) is 0 Å². The zero-order valence-corrected chi connectivity index (χ0v) is 9.07. The molecule has 0 radical (unpaired) electrons. The molecule has 0 saturated carbocycles. The molecule has 4 heteroatoms. The highest BCUT2D eigenvalue weighted by molar-refractivity contribution is 5.50. The SMILES string of the molecule is CC#CCNc1ccc(C)c(C(F)(F)F)c1. The van der Waals surface area contributed by atoms with Crippen LogP contribution in [-0.4, -0.2) is 6.54 Å². The second kappa shape index (κ2) is 4.93. The maximum atomic E-state index is 12.6. The number of rotatable bonds is 2. The van der Waals surface area contributed by atoms with Crippen molar-refractivity contribution in [1.29, 1.82) is 0 Å². The standard InChI is InChI=1S/C12H12F3N/c1-3-4-7-16-10-6-5-9(2)11(8-10)12(13,14)15/h5-6,8,16H,7H2,1-2H3. The number of benzene rings is 1. The summed E-state index contributed by atoms with van der Waals surface area (Å²) in [5.41, 5.74) is 0.0438. The minimum Gasteiger partial charge on any atom is -0.374 e. The van der Waals surface area contributed by atoms with E-state index < -0.39 is 11.7 Å². The largest absolute Gasteiger partial charge is 0.416 e. The Balaban J connectivity index is 2.93. The van der Waals surface area contributed by atoms with Crippen molar-refractivity contribution < 1.29 is 13.2 Å². The Labute approximate surface area is 92.7 Å². The Morgan fingerprint density at radius 1 is 1.31 bits per heavy atom. The first kappa shape index (κ1) is 12.4. The van der Waals surface area contributed by atoms with Crippen LogP contribution in [0, 0.1) is 18.8 Å². The maximum absolute atomic E-state index is 12.6. The molecule has 0 atom stereocenters. The Morgan fingerprint density at radius 3 is 2.56 bits per heavy atom. The van der Waals surface area contributed by atoms with Gasteiger partial charge in [0, 0.05) is 5.69 Å². The third kappa shape index (κ3) is 3.20. The third-order valence-corrected chi connectivity index (χ3v) is 2.10. The van der Waals surface area contributed by atoms with Crippen LogP contribution in [0.3, 0.4) is 0 Å². The van der Waals surface area contributed by atoms with Crippen molar-refractivity contribution in [3.8, 4) is 11.8 Å². The van der Waals surface area contributed by atoms with Crippen molar-refractivity contribution in [3.05, 3.63) is 29.3 Å². The molecule has 0 aliphatic carbocycles. The fraction of sp³-hybridized carbons (Fsp3) is 0.333. The molecule has 0 unspecified atom stereocenters. The van der Waals surface area contributed by atoms with E-state index in [1.807, 2.05) is 0 Å². The highest BCUT2D eigenvalue weighted by atomic mass is 19.4. The van der Waals surface area contributed by atoms with Gasteiger partial charge in [-0.15, -0.1) is 5.92 Å². The highest BCUT2D eigenvalue weighted by Gasteiger charge is 2.32. The second-order valence-corrected chi connectivity index (χ2v) is 3.31. The lowest BCUT2D eigenvalue weighted by atomic mass is 10.1. The van der Waals surface area contributed by atoms with Gasteiger partial charge in [-0.2, -0.15) is 13.2 Å². The Kier molecular flexibility index (Phi) is 3.83. The van der Waals surface area contributed by atoms with Crippen LogP contribution in [0.4, 0.5) is 18.9 Å². The first-order valence-corrected chi connectivity index (χ1v) is 4.76. The predicted molar refractivity (Wildman–Crippen MR) is 58.1 cm³/mol. The number of hydrogen-bond donors (Lipinski definition) is 1. The summed E-state index contributed by atoms with van der Waals surface area (Å²) in [5, 5.41) is 2.81. The maximum Gasteiger partial charge on any atom is 0.416 e. The molecule has 86 valence electrons. The van der Waals surface area contributed by atoms with Crippen LogP contribution in [-0.2, 0) is 6.18 Å². The van der Waals surface area contributed by atoms with Gasteiger partial charge in [0.15, 0.2) is 0 Å². The molecule has 1 N–H and O–H groups in total. The smallest absolute Gasteiger partial charge is 0.374 e. The van der Waals surface area contributed by atoms with Crippen LogP contribution >= 0.6 is 0 Å². The average molecular weight is 227 g/mol. The molecule has 1 rings (SSSR count). The first-order valence-electron chi connectivity index (χ1n) is 4.76. The molecule has 0 aromatic heterocycles. The monoisotopic (exact) mass is 227 g/mol. The lowest BCUT2D eigenvalue weighted by molar-refractivity contribution is -0.138. The van der Waals surface area contributed by atoms with Crippen molar-refractivity contribution >= 4 is 5.69 Å². The highest BCUT2D eigenvalue weighted by Crippen LogP contribution is 2.33. The molecule has 0 amide bonds. The average Bonchev–Trinajstić information content (AvgIpc) is 2.19. The zero-order valence-electron chi connectivity index (χ0n) is 9.07. The molecule has 0 aliphatic rings. The number of hydrogen-bond acceptors (Lipinski definition) is 1. The van der Waals surface area contributed by atoms with Gasteiger partial charge >= 0.3 is 6.18 Å². The first-order chi connectivity index (χ1) is 7.45. The summed E-state index contributed by atoms with van der Waals surface area (Å²) in [7, 11) is 0. The second-order valence-electron chi connectivity index (χ2n) is 3.31. The number of nitrogens with one attached hydrogen (secondary N) is 1. The van der Waals surface area contributed by atoms with Gasteiger partial charge in [0.1, 0.15) is 0 Å². The molecule has 1 aromatic carbocycles. The van der Waals surface area contributed by atoms with E-state index in [1.54, 1.807) is 13.0 Å². The summed E-state index contributed by atoms with van der Waals surface area (Å²) >= 11 is 0. The fourth-order valence-corrected chi connectivity index (χ4v) is 1.27. The van der Waals surface area contributed by atoms with Crippen LogP contribution in [0.2, 0.25) is 0 Å². The van der Waals surface area contributed by atoms with Gasteiger partial charge in [-0.3, -0.25) is 0 Å². The van der Waals surface area contributed by atoms with Crippen LogP contribution < -0.4 is 5.32 Å². The summed E-state index contributed by atoms with van der Waals surface area (Å²) in [5.74, 6) is 5.39. The van der Waals surface area contributed by atoms with Gasteiger partial charge in [0.05, 0.1) is 12.1 Å². The normalized spacial score (nSPS) is 10.6. The van der Waals surface area contributed by atoms with Crippen molar-refractivity contribution in [1.82, 2.24) is 0 Å². The van der Waals surface area contributed by atoms with E-state index >= 15 is 0 Å². The Morgan fingerprint density at radius 2 is 2.00 bits per heavy atom. The fourth-order valence-electron chi connectivity index (χ4n) is 1.27. The van der Waals surface area contributed by atoms with E-state index in [9.17, 15) is 13.2 Å². The van der Waals surface area contributed by atoms with Crippen molar-refractivity contribution in [3.63, 3.8) is 0 Å². The van der Waals surface area contributed by atoms with E-state index in [0.717, 1.165) is 6.07 Å². The van der Waals surface area contributed by atoms with Crippen molar-refractivity contribution in [2.45, 2.75) is 20.0 Å². The van der Waals surface area contributed by atoms with E-state index in [1.165, 1.54) is 13.0 Å². The minimum absolute atomic E-state index is 0.222. The third-order valence-electron chi connectivity index (χ3n) is 2.10. The zero-order chi connectivity index (χ0) is 12.2. The lowest BCUT2D eigenvalue weighted by Crippen LogP contribution is -2.09. The number of alkyl halides is 3. The van der Waals surface area contributed by atoms with Gasteiger partial charge < -0.3 is 5.32 Å².